The van der Waals surface area contributed by atoms with E-state index in [0.29, 0.717) is 0 Å². The standard InChI is InChI=1S/C31H30N4OS3/c1-3-4-18-24-22-16-11-17-23(22)26-27-28(39-29(26)32-24)30(34-31(33-27)37-2)38-19-25(36)35(20-12-7-5-8-13-20)21-14-9-6-10-15-21/h5-10,12-15H,3-4,11,16-19H2,1-2H3. The summed E-state index contributed by atoms with van der Waals surface area (Å²) in [5.41, 5.74) is 6.87. The lowest BCUT2D eigenvalue weighted by Gasteiger charge is -2.23. The number of hydrogen-bond donors (Lipinski definition) is 0. The van der Waals surface area contributed by atoms with E-state index in [-0.39, 0.29) is 11.7 Å². The van der Waals surface area contributed by atoms with Crippen molar-refractivity contribution in [2.45, 2.75) is 55.6 Å². The van der Waals surface area contributed by atoms with Crippen LogP contribution in [-0.2, 0) is 24.1 Å². The first-order valence-corrected chi connectivity index (χ1v) is 16.4. The maximum atomic E-state index is 13.7. The Balaban J connectivity index is 1.39. The Hall–Kier alpha value is -2.94. The van der Waals surface area contributed by atoms with Gasteiger partial charge in [-0.05, 0) is 73.8 Å². The molecule has 8 heteroatoms. The fourth-order valence-electron chi connectivity index (χ4n) is 5.33. The minimum Gasteiger partial charge on any atom is -0.280 e. The number of thiophene rings is 1. The molecule has 5 aromatic rings. The number of hydrogen-bond acceptors (Lipinski definition) is 7. The smallest absolute Gasteiger partial charge is 0.241 e. The summed E-state index contributed by atoms with van der Waals surface area (Å²) in [5, 5.41) is 2.81. The maximum absolute atomic E-state index is 13.7. The van der Waals surface area contributed by atoms with E-state index in [1.807, 2.05) is 66.9 Å². The highest BCUT2D eigenvalue weighted by Crippen LogP contribution is 2.43. The van der Waals surface area contributed by atoms with Crippen molar-refractivity contribution in [1.82, 2.24) is 15.0 Å². The van der Waals surface area contributed by atoms with Gasteiger partial charge in [0.1, 0.15) is 9.86 Å². The average Bonchev–Trinajstić information content (AvgIpc) is 3.60. The number of amides is 1. The van der Waals surface area contributed by atoms with Crippen LogP contribution in [0.25, 0.3) is 20.4 Å². The Morgan fingerprint density at radius 1 is 0.949 bits per heavy atom. The highest BCUT2D eigenvalue weighted by Gasteiger charge is 2.26. The van der Waals surface area contributed by atoms with E-state index in [0.717, 1.165) is 62.3 Å². The highest BCUT2D eigenvalue weighted by molar-refractivity contribution is 8.00. The molecule has 0 fully saturated rings. The Morgan fingerprint density at radius 3 is 2.31 bits per heavy atom. The zero-order chi connectivity index (χ0) is 26.8. The van der Waals surface area contributed by atoms with E-state index in [2.05, 4.69) is 6.92 Å². The molecule has 39 heavy (non-hydrogen) atoms. The molecule has 198 valence electrons. The highest BCUT2D eigenvalue weighted by atomic mass is 32.2. The number of nitrogens with zero attached hydrogens (tertiary/aromatic N) is 4. The average molecular weight is 571 g/mol. The van der Waals surface area contributed by atoms with Crippen LogP contribution in [0, 0.1) is 0 Å². The van der Waals surface area contributed by atoms with Crippen LogP contribution in [0.5, 0.6) is 0 Å². The predicted molar refractivity (Wildman–Crippen MR) is 166 cm³/mol. The minimum atomic E-state index is 0.0110. The van der Waals surface area contributed by atoms with Crippen LogP contribution in [0.15, 0.2) is 70.8 Å². The van der Waals surface area contributed by atoms with Gasteiger partial charge in [-0.1, -0.05) is 73.3 Å². The number of fused-ring (bicyclic) bond motifs is 5. The molecule has 5 nitrogen and oxygen atoms in total. The van der Waals surface area contributed by atoms with Gasteiger partial charge in [-0.3, -0.25) is 9.69 Å². The van der Waals surface area contributed by atoms with E-state index < -0.39 is 0 Å². The van der Waals surface area contributed by atoms with E-state index in [9.17, 15) is 4.79 Å². The van der Waals surface area contributed by atoms with Crippen LogP contribution in [0.4, 0.5) is 11.4 Å². The fourth-order valence-corrected chi connectivity index (χ4v) is 7.87. The molecule has 3 heterocycles. The third-order valence-electron chi connectivity index (χ3n) is 7.13. The van der Waals surface area contributed by atoms with Crippen molar-refractivity contribution < 1.29 is 4.79 Å². The summed E-state index contributed by atoms with van der Waals surface area (Å²) < 4.78 is 1.04. The van der Waals surface area contributed by atoms with Crippen LogP contribution in [0.3, 0.4) is 0 Å². The fraction of sp³-hybridized carbons (Fsp3) is 0.290. The molecular formula is C31H30N4OS3. The van der Waals surface area contributed by atoms with Crippen molar-refractivity contribution in [2.24, 2.45) is 0 Å². The molecular weight excluding hydrogens is 541 g/mol. The third kappa shape index (κ3) is 5.17. The van der Waals surface area contributed by atoms with E-state index in [1.165, 1.54) is 46.8 Å². The molecule has 6 rings (SSSR count). The first-order valence-electron chi connectivity index (χ1n) is 13.4. The summed E-state index contributed by atoms with van der Waals surface area (Å²) in [7, 11) is 0. The number of thioether (sulfide) groups is 2. The van der Waals surface area contributed by atoms with Crippen LogP contribution < -0.4 is 4.90 Å². The summed E-state index contributed by atoms with van der Waals surface area (Å²) >= 11 is 4.73. The van der Waals surface area contributed by atoms with Crippen LogP contribution in [0.2, 0.25) is 0 Å². The normalized spacial score (nSPS) is 12.8. The molecule has 1 aliphatic carbocycles. The van der Waals surface area contributed by atoms with Gasteiger partial charge in [0.25, 0.3) is 0 Å². The Kier molecular flexibility index (Phi) is 7.86. The van der Waals surface area contributed by atoms with Gasteiger partial charge in [0.05, 0.1) is 16.0 Å². The topological polar surface area (TPSA) is 59.0 Å². The van der Waals surface area contributed by atoms with E-state index in [4.69, 9.17) is 15.0 Å². The van der Waals surface area contributed by atoms with Crippen LogP contribution >= 0.6 is 34.9 Å². The number of para-hydroxylation sites is 2. The summed E-state index contributed by atoms with van der Waals surface area (Å²) in [6, 6.07) is 19.7. The quantitative estimate of drug-likeness (QED) is 0.101. The number of anilines is 2. The van der Waals surface area contributed by atoms with Gasteiger partial charge >= 0.3 is 0 Å². The van der Waals surface area contributed by atoms with E-state index in [1.54, 1.807) is 28.0 Å². The van der Waals surface area contributed by atoms with Crippen molar-refractivity contribution in [1.29, 1.82) is 0 Å². The van der Waals surface area contributed by atoms with Gasteiger partial charge in [0, 0.05) is 22.5 Å². The monoisotopic (exact) mass is 570 g/mol. The number of aromatic nitrogens is 3. The van der Waals surface area contributed by atoms with Gasteiger partial charge in [0.2, 0.25) is 5.91 Å². The van der Waals surface area contributed by atoms with Crippen molar-refractivity contribution >= 4 is 72.6 Å². The molecule has 0 saturated carbocycles. The van der Waals surface area contributed by atoms with Crippen LogP contribution in [-0.4, -0.2) is 32.9 Å². The van der Waals surface area contributed by atoms with Gasteiger partial charge < -0.3 is 0 Å². The molecule has 0 saturated heterocycles. The zero-order valence-electron chi connectivity index (χ0n) is 22.1. The Morgan fingerprint density at radius 2 is 1.64 bits per heavy atom. The first-order chi connectivity index (χ1) is 19.2. The molecule has 0 N–H and O–H groups in total. The number of carbonyl (C=O) groups excluding carboxylic acids is 1. The molecule has 0 aliphatic heterocycles. The number of aryl methyl sites for hydroxylation is 2. The largest absolute Gasteiger partial charge is 0.280 e. The summed E-state index contributed by atoms with van der Waals surface area (Å²) in [6.45, 7) is 2.24. The molecule has 0 bridgehead atoms. The lowest BCUT2D eigenvalue weighted by molar-refractivity contribution is -0.115. The zero-order valence-corrected chi connectivity index (χ0v) is 24.6. The lowest BCUT2D eigenvalue weighted by atomic mass is 10.0. The molecule has 2 aromatic carbocycles. The number of pyridine rings is 1. The van der Waals surface area contributed by atoms with Crippen LogP contribution in [0.1, 0.15) is 43.0 Å². The van der Waals surface area contributed by atoms with Crippen molar-refractivity contribution in [3.05, 3.63) is 77.5 Å². The van der Waals surface area contributed by atoms with Crippen molar-refractivity contribution in [3.63, 3.8) is 0 Å². The van der Waals surface area contributed by atoms with E-state index >= 15 is 0 Å². The Bertz CT molecular complexity index is 1600. The van der Waals surface area contributed by atoms with Gasteiger partial charge in [-0.25, -0.2) is 15.0 Å². The predicted octanol–water partition coefficient (Wildman–Crippen LogP) is 8.25. The molecule has 3 aromatic heterocycles. The molecule has 0 spiro atoms. The Labute approximate surface area is 241 Å². The maximum Gasteiger partial charge on any atom is 0.241 e. The lowest BCUT2D eigenvalue weighted by Crippen LogP contribution is -2.27. The van der Waals surface area contributed by atoms with Gasteiger partial charge in [0.15, 0.2) is 5.16 Å². The first kappa shape index (κ1) is 26.3. The summed E-state index contributed by atoms with van der Waals surface area (Å²) in [4.78, 5) is 31.6. The summed E-state index contributed by atoms with van der Waals surface area (Å²) in [6.07, 6.45) is 8.75. The van der Waals surface area contributed by atoms with Gasteiger partial charge in [-0.15, -0.1) is 11.3 Å². The molecule has 0 radical (unpaired) electrons. The second-order valence-corrected chi connectivity index (χ2v) is 12.4. The molecule has 0 atom stereocenters. The second kappa shape index (κ2) is 11.7. The van der Waals surface area contributed by atoms with Gasteiger partial charge in [-0.2, -0.15) is 0 Å². The summed E-state index contributed by atoms with van der Waals surface area (Å²) in [5.74, 6) is 0.280. The molecule has 0 unspecified atom stereocenters. The SMILES string of the molecule is CCCCc1nc2sc3c(SCC(=O)N(c4ccccc4)c4ccccc4)nc(SC)nc3c2c2c1CCC2. The molecule has 1 aliphatic rings. The second-order valence-electron chi connectivity index (χ2n) is 9.64. The number of benzene rings is 2. The minimum absolute atomic E-state index is 0.0110. The van der Waals surface area contributed by atoms with Crippen molar-refractivity contribution in [2.75, 3.05) is 16.9 Å². The third-order valence-corrected chi connectivity index (χ3v) is 9.84. The number of rotatable bonds is 9. The van der Waals surface area contributed by atoms with Crippen molar-refractivity contribution in [3.8, 4) is 0 Å². The molecule has 1 amide bonds. The number of unbranched alkanes of at least 4 members (excludes halogenated alkanes) is 1. The number of carbonyl (C=O) groups is 1.